The maximum atomic E-state index is 12.4. The van der Waals surface area contributed by atoms with Crippen molar-refractivity contribution in [2.24, 2.45) is 0 Å². The van der Waals surface area contributed by atoms with E-state index in [9.17, 15) is 4.79 Å². The molecule has 0 radical (unpaired) electrons. The van der Waals surface area contributed by atoms with Gasteiger partial charge in [-0.15, -0.1) is 21.5 Å². The lowest BCUT2D eigenvalue weighted by Gasteiger charge is -2.14. The van der Waals surface area contributed by atoms with Gasteiger partial charge in [0.15, 0.2) is 11.0 Å². The highest BCUT2D eigenvalue weighted by Gasteiger charge is 2.22. The zero-order valence-corrected chi connectivity index (χ0v) is 18.3. The number of fused-ring (bicyclic) bond motifs is 1. The second-order valence-corrected chi connectivity index (χ2v) is 9.32. The smallest absolute Gasteiger partial charge is 0.258 e. The number of ether oxygens (including phenoxy) is 1. The molecule has 5 rings (SSSR count). The number of thioether (sulfide) groups is 1. The van der Waals surface area contributed by atoms with Crippen LogP contribution in [0.4, 0.5) is 0 Å². The molecule has 1 N–H and O–H groups in total. The monoisotopic (exact) mass is 459 g/mol. The number of halogens is 1. The number of thiophene rings is 1. The Morgan fingerprint density at radius 3 is 3.07 bits per heavy atom. The topological polar surface area (TPSA) is 85.7 Å². The third kappa shape index (κ3) is 4.02. The van der Waals surface area contributed by atoms with E-state index in [-0.39, 0.29) is 11.7 Å². The fraction of sp³-hybridized carbons (Fsp3) is 0.300. The highest BCUT2D eigenvalue weighted by molar-refractivity contribution is 7.98. The van der Waals surface area contributed by atoms with Crippen LogP contribution in [0.2, 0.25) is 5.02 Å². The van der Waals surface area contributed by atoms with Gasteiger partial charge in [-0.3, -0.25) is 9.36 Å². The second-order valence-electron chi connectivity index (χ2n) is 6.99. The van der Waals surface area contributed by atoms with Crippen molar-refractivity contribution in [2.45, 2.75) is 36.4 Å². The predicted molar refractivity (Wildman–Crippen MR) is 119 cm³/mol. The van der Waals surface area contributed by atoms with E-state index < -0.39 is 0 Å². The molecule has 154 valence electrons. The van der Waals surface area contributed by atoms with E-state index >= 15 is 0 Å². The molecular formula is C20H18ClN5O2S2. The minimum absolute atomic E-state index is 0.166. The van der Waals surface area contributed by atoms with Crippen LogP contribution < -0.4 is 5.56 Å². The number of aromatic amines is 1. The van der Waals surface area contributed by atoms with Gasteiger partial charge in [-0.2, -0.15) is 0 Å². The van der Waals surface area contributed by atoms with Crippen LogP contribution in [-0.2, 0) is 17.0 Å². The molecular weight excluding hydrogens is 442 g/mol. The first-order valence-electron chi connectivity index (χ1n) is 9.57. The normalized spacial score (nSPS) is 16.5. The van der Waals surface area contributed by atoms with Gasteiger partial charge in [0, 0.05) is 11.6 Å². The minimum atomic E-state index is -0.174. The lowest BCUT2D eigenvalue weighted by atomic mass is 10.2. The predicted octanol–water partition coefficient (Wildman–Crippen LogP) is 4.37. The standard InChI is InChI=1S/C20H18ClN5O2S2/c21-12-5-6-14-15(9-12)22-17(23-19(14)27)11-30-20-25-24-18(16-4-2-8-29-16)26(20)10-13-3-1-7-28-13/h2,4-6,8-9,13H,1,3,7,10-11H2,(H,22,23,27)/t13-/m0/s1. The Morgan fingerprint density at radius 1 is 1.33 bits per heavy atom. The zero-order valence-electron chi connectivity index (χ0n) is 15.9. The SMILES string of the molecule is O=c1[nH]c(CSc2nnc(-c3cccs3)n2C[C@@H]2CCCO2)nc2cc(Cl)ccc12. The Morgan fingerprint density at radius 2 is 2.27 bits per heavy atom. The van der Waals surface area contributed by atoms with Crippen molar-refractivity contribution < 1.29 is 4.74 Å². The number of rotatable bonds is 6. The van der Waals surface area contributed by atoms with E-state index in [0.29, 0.717) is 34.0 Å². The second kappa shape index (κ2) is 8.50. The van der Waals surface area contributed by atoms with Crippen molar-refractivity contribution in [2.75, 3.05) is 6.61 Å². The van der Waals surface area contributed by atoms with Crippen LogP contribution in [0, 0.1) is 0 Å². The van der Waals surface area contributed by atoms with Crippen LogP contribution >= 0.6 is 34.7 Å². The molecule has 1 atom stereocenters. The molecule has 7 nitrogen and oxygen atoms in total. The summed E-state index contributed by atoms with van der Waals surface area (Å²) in [6, 6.07) is 9.13. The number of benzene rings is 1. The van der Waals surface area contributed by atoms with Gasteiger partial charge in [-0.1, -0.05) is 29.4 Å². The average Bonchev–Trinajstić information content (AvgIpc) is 3.49. The highest BCUT2D eigenvalue weighted by Crippen LogP contribution is 2.30. The van der Waals surface area contributed by atoms with Crippen LogP contribution in [0.1, 0.15) is 18.7 Å². The Bertz CT molecular complexity index is 1230. The summed E-state index contributed by atoms with van der Waals surface area (Å²) in [4.78, 5) is 20.9. The summed E-state index contributed by atoms with van der Waals surface area (Å²) >= 11 is 9.19. The van der Waals surface area contributed by atoms with E-state index in [4.69, 9.17) is 16.3 Å². The van der Waals surface area contributed by atoms with Crippen LogP contribution in [-0.4, -0.2) is 37.4 Å². The fourth-order valence-electron chi connectivity index (χ4n) is 3.50. The molecule has 10 heteroatoms. The average molecular weight is 460 g/mol. The highest BCUT2D eigenvalue weighted by atomic mass is 35.5. The summed E-state index contributed by atoms with van der Waals surface area (Å²) in [5, 5.41) is 12.7. The quantitative estimate of drug-likeness (QED) is 0.431. The Labute approximate surface area is 185 Å². The van der Waals surface area contributed by atoms with Crippen molar-refractivity contribution in [1.82, 2.24) is 24.7 Å². The van der Waals surface area contributed by atoms with Crippen molar-refractivity contribution in [3.8, 4) is 10.7 Å². The molecule has 4 heterocycles. The summed E-state index contributed by atoms with van der Waals surface area (Å²) in [7, 11) is 0. The van der Waals surface area contributed by atoms with E-state index in [1.54, 1.807) is 29.5 Å². The maximum Gasteiger partial charge on any atom is 0.258 e. The molecule has 1 fully saturated rings. The molecule has 0 bridgehead atoms. The summed E-state index contributed by atoms with van der Waals surface area (Å²) in [5.74, 6) is 1.88. The molecule has 0 unspecified atom stereocenters. The van der Waals surface area contributed by atoms with Gasteiger partial charge in [0.05, 0.1) is 34.2 Å². The summed E-state index contributed by atoms with van der Waals surface area (Å²) in [6.07, 6.45) is 2.28. The first-order chi connectivity index (χ1) is 14.7. The number of aromatic nitrogens is 5. The molecule has 0 aliphatic carbocycles. The molecule has 30 heavy (non-hydrogen) atoms. The van der Waals surface area contributed by atoms with Crippen molar-refractivity contribution in [3.05, 3.63) is 56.9 Å². The first-order valence-corrected chi connectivity index (χ1v) is 11.8. The van der Waals surface area contributed by atoms with E-state index in [2.05, 4.69) is 24.7 Å². The van der Waals surface area contributed by atoms with Gasteiger partial charge < -0.3 is 9.72 Å². The van der Waals surface area contributed by atoms with E-state index in [0.717, 1.165) is 35.3 Å². The van der Waals surface area contributed by atoms with Gasteiger partial charge in [0.25, 0.3) is 5.56 Å². The zero-order chi connectivity index (χ0) is 20.5. The van der Waals surface area contributed by atoms with Gasteiger partial charge in [-0.05, 0) is 42.5 Å². The molecule has 1 saturated heterocycles. The van der Waals surface area contributed by atoms with Crippen molar-refractivity contribution in [1.29, 1.82) is 0 Å². The van der Waals surface area contributed by atoms with Gasteiger partial charge >= 0.3 is 0 Å². The minimum Gasteiger partial charge on any atom is -0.376 e. The molecule has 1 aliphatic heterocycles. The lowest BCUT2D eigenvalue weighted by molar-refractivity contribution is 0.0953. The maximum absolute atomic E-state index is 12.4. The molecule has 3 aromatic heterocycles. The molecule has 0 amide bonds. The van der Waals surface area contributed by atoms with Crippen molar-refractivity contribution in [3.63, 3.8) is 0 Å². The first kappa shape index (κ1) is 19.7. The molecule has 4 aromatic rings. The summed E-state index contributed by atoms with van der Waals surface area (Å²) in [6.45, 7) is 1.51. The molecule has 1 aromatic carbocycles. The Balaban J connectivity index is 1.43. The third-order valence-corrected chi connectivity index (χ3v) is 7.00. The Hall–Kier alpha value is -2.20. The van der Waals surface area contributed by atoms with Gasteiger partial charge in [0.2, 0.25) is 0 Å². The van der Waals surface area contributed by atoms with Crippen LogP contribution in [0.5, 0.6) is 0 Å². The van der Waals surface area contributed by atoms with Gasteiger partial charge in [-0.25, -0.2) is 4.98 Å². The van der Waals surface area contributed by atoms with Crippen molar-refractivity contribution >= 4 is 45.6 Å². The van der Waals surface area contributed by atoms with Crippen LogP contribution in [0.25, 0.3) is 21.6 Å². The summed E-state index contributed by atoms with van der Waals surface area (Å²) < 4.78 is 7.95. The Kier molecular flexibility index (Phi) is 5.60. The lowest BCUT2D eigenvalue weighted by Crippen LogP contribution is -2.16. The van der Waals surface area contributed by atoms with Crippen LogP contribution in [0.3, 0.4) is 0 Å². The van der Waals surface area contributed by atoms with E-state index in [1.807, 2.05) is 17.5 Å². The molecule has 0 saturated carbocycles. The number of hydrogen-bond acceptors (Lipinski definition) is 7. The molecule has 0 spiro atoms. The largest absolute Gasteiger partial charge is 0.376 e. The van der Waals surface area contributed by atoms with Crippen LogP contribution in [0.15, 0.2) is 45.7 Å². The molecule has 1 aliphatic rings. The summed E-state index contributed by atoms with van der Waals surface area (Å²) in [5.41, 5.74) is 0.411. The third-order valence-electron chi connectivity index (χ3n) is 4.92. The number of nitrogens with one attached hydrogen (secondary N) is 1. The number of nitrogens with zero attached hydrogens (tertiary/aromatic N) is 4. The number of H-pyrrole nitrogens is 1. The van der Waals surface area contributed by atoms with Gasteiger partial charge in [0.1, 0.15) is 5.82 Å². The van der Waals surface area contributed by atoms with E-state index in [1.165, 1.54) is 11.8 Å². The fourth-order valence-corrected chi connectivity index (χ4v) is 5.20. The number of hydrogen-bond donors (Lipinski definition) is 1.